The van der Waals surface area contributed by atoms with E-state index in [1.807, 2.05) is 72.8 Å². The number of aromatic nitrogens is 4. The molecular formula is C47H29N5. The summed E-state index contributed by atoms with van der Waals surface area (Å²) in [5, 5.41) is 15.3. The lowest BCUT2D eigenvalue weighted by atomic mass is 9.98. The third-order valence-electron chi connectivity index (χ3n) is 9.96. The molecule has 0 bridgehead atoms. The van der Waals surface area contributed by atoms with Crippen LogP contribution in [0.15, 0.2) is 176 Å². The largest absolute Gasteiger partial charge is 0.308 e. The van der Waals surface area contributed by atoms with E-state index in [1.54, 1.807) is 0 Å². The van der Waals surface area contributed by atoms with Crippen molar-refractivity contribution in [1.29, 1.82) is 5.26 Å². The molecule has 3 heterocycles. The molecule has 0 N–H and O–H groups in total. The highest BCUT2D eigenvalue weighted by molar-refractivity contribution is 6.25. The first-order chi connectivity index (χ1) is 25.8. The van der Waals surface area contributed by atoms with Crippen molar-refractivity contribution in [2.45, 2.75) is 0 Å². The molecule has 0 radical (unpaired) electrons. The van der Waals surface area contributed by atoms with Crippen molar-refractivity contribution >= 4 is 43.6 Å². The molecule has 0 saturated heterocycles. The minimum atomic E-state index is 0.441. The van der Waals surface area contributed by atoms with Crippen molar-refractivity contribution in [1.82, 2.24) is 19.1 Å². The molecular weight excluding hydrogens is 635 g/mol. The molecule has 5 nitrogen and oxygen atoms in total. The number of hydrogen-bond donors (Lipinski definition) is 0. The molecule has 3 aromatic heterocycles. The van der Waals surface area contributed by atoms with E-state index in [0.29, 0.717) is 22.8 Å². The molecule has 0 spiro atoms. The van der Waals surface area contributed by atoms with Crippen molar-refractivity contribution < 1.29 is 0 Å². The van der Waals surface area contributed by atoms with Gasteiger partial charge in [0.2, 0.25) is 0 Å². The Labute approximate surface area is 299 Å². The van der Waals surface area contributed by atoms with Gasteiger partial charge < -0.3 is 9.13 Å². The Morgan fingerprint density at radius 1 is 0.423 bits per heavy atom. The molecule has 242 valence electrons. The Kier molecular flexibility index (Phi) is 6.80. The minimum Gasteiger partial charge on any atom is -0.308 e. The van der Waals surface area contributed by atoms with Crippen LogP contribution in [0.25, 0.3) is 88.9 Å². The highest BCUT2D eigenvalue weighted by Gasteiger charge is 2.28. The van der Waals surface area contributed by atoms with Gasteiger partial charge in [0.25, 0.3) is 0 Å². The zero-order valence-electron chi connectivity index (χ0n) is 28.0. The summed E-state index contributed by atoms with van der Waals surface area (Å²) in [6, 6.07) is 63.0. The predicted octanol–water partition coefficient (Wildman–Crippen LogP) is 11.5. The van der Waals surface area contributed by atoms with Crippen molar-refractivity contribution in [2.75, 3.05) is 0 Å². The number of rotatable bonds is 5. The Morgan fingerprint density at radius 3 is 1.23 bits per heavy atom. The monoisotopic (exact) mass is 663 g/mol. The van der Waals surface area contributed by atoms with E-state index in [9.17, 15) is 5.26 Å². The van der Waals surface area contributed by atoms with Crippen molar-refractivity contribution in [3.63, 3.8) is 0 Å². The van der Waals surface area contributed by atoms with E-state index in [-0.39, 0.29) is 0 Å². The topological polar surface area (TPSA) is 59.4 Å². The van der Waals surface area contributed by atoms with Crippen molar-refractivity contribution in [2.24, 2.45) is 0 Å². The van der Waals surface area contributed by atoms with E-state index in [0.717, 1.165) is 71.7 Å². The van der Waals surface area contributed by atoms with Gasteiger partial charge in [-0.05, 0) is 42.5 Å². The first-order valence-corrected chi connectivity index (χ1v) is 17.3. The van der Waals surface area contributed by atoms with Crippen LogP contribution >= 0.6 is 0 Å². The predicted molar refractivity (Wildman–Crippen MR) is 212 cm³/mol. The third-order valence-corrected chi connectivity index (χ3v) is 9.96. The number of para-hydroxylation sites is 4. The molecule has 0 aliphatic rings. The summed E-state index contributed by atoms with van der Waals surface area (Å²) in [5.41, 5.74) is 10.5. The van der Waals surface area contributed by atoms with Gasteiger partial charge in [-0.2, -0.15) is 5.26 Å². The standard InChI is InChI=1S/C47H29N5/c48-30-39-43(31-17-5-1-6-18-31)49-47(50-44(39)32-19-7-2-8-20-32)42-45-37(35-25-13-15-27-40(35)51(45)33-21-9-3-10-22-33)29-38-36-26-14-16-28-41(36)52(46(38)42)34-23-11-4-12-24-34/h1-29H. The highest BCUT2D eigenvalue weighted by Crippen LogP contribution is 2.46. The average Bonchev–Trinajstić information content (AvgIpc) is 3.73. The van der Waals surface area contributed by atoms with E-state index in [1.165, 1.54) is 0 Å². The van der Waals surface area contributed by atoms with E-state index in [2.05, 4.69) is 118 Å². The van der Waals surface area contributed by atoms with Crippen LogP contribution in [0.2, 0.25) is 0 Å². The van der Waals surface area contributed by atoms with Crippen molar-refractivity contribution in [3.8, 4) is 51.3 Å². The number of benzene rings is 7. The number of hydrogen-bond acceptors (Lipinski definition) is 3. The summed E-state index contributed by atoms with van der Waals surface area (Å²) < 4.78 is 4.69. The van der Waals surface area contributed by atoms with Crippen LogP contribution in [0.4, 0.5) is 0 Å². The molecule has 0 aliphatic heterocycles. The van der Waals surface area contributed by atoms with Crippen LogP contribution in [-0.4, -0.2) is 19.1 Å². The average molecular weight is 664 g/mol. The van der Waals surface area contributed by atoms with Crippen LogP contribution in [0.1, 0.15) is 5.56 Å². The summed E-state index contributed by atoms with van der Waals surface area (Å²) in [7, 11) is 0. The Balaban J connectivity index is 1.49. The highest BCUT2D eigenvalue weighted by atomic mass is 15.0. The summed E-state index contributed by atoms with van der Waals surface area (Å²) in [6.45, 7) is 0. The summed E-state index contributed by atoms with van der Waals surface area (Å²) in [5.74, 6) is 0.548. The zero-order valence-corrected chi connectivity index (χ0v) is 28.0. The quantitative estimate of drug-likeness (QED) is 0.184. The first kappa shape index (κ1) is 29.6. The molecule has 0 atom stereocenters. The van der Waals surface area contributed by atoms with Gasteiger partial charge >= 0.3 is 0 Å². The Hall–Kier alpha value is -7.29. The number of nitriles is 1. The maximum atomic E-state index is 10.8. The lowest BCUT2D eigenvalue weighted by molar-refractivity contribution is 1.13. The fraction of sp³-hybridized carbons (Fsp3) is 0. The molecule has 0 aliphatic carbocycles. The molecule has 10 aromatic rings. The molecule has 5 heteroatoms. The molecule has 52 heavy (non-hydrogen) atoms. The van der Waals surface area contributed by atoms with Crippen molar-refractivity contribution in [3.05, 3.63) is 181 Å². The van der Waals surface area contributed by atoms with Crippen LogP contribution in [0.5, 0.6) is 0 Å². The fourth-order valence-electron chi connectivity index (χ4n) is 7.76. The first-order valence-electron chi connectivity index (χ1n) is 17.3. The second-order valence-electron chi connectivity index (χ2n) is 12.9. The smallest absolute Gasteiger partial charge is 0.164 e. The van der Waals surface area contributed by atoms with Gasteiger partial charge in [0.05, 0.1) is 39.0 Å². The van der Waals surface area contributed by atoms with E-state index < -0.39 is 0 Å². The summed E-state index contributed by atoms with van der Waals surface area (Å²) in [6.07, 6.45) is 0. The molecule has 7 aromatic carbocycles. The molecule has 0 unspecified atom stereocenters. The summed E-state index contributed by atoms with van der Waals surface area (Å²) in [4.78, 5) is 10.8. The Bertz CT molecular complexity index is 2800. The normalized spacial score (nSPS) is 11.4. The van der Waals surface area contributed by atoms with Gasteiger partial charge in [0, 0.05) is 44.0 Å². The molecule has 0 amide bonds. The minimum absolute atomic E-state index is 0.441. The second-order valence-corrected chi connectivity index (χ2v) is 12.9. The number of fused-ring (bicyclic) bond motifs is 6. The zero-order chi connectivity index (χ0) is 34.6. The van der Waals surface area contributed by atoms with Gasteiger partial charge in [0.15, 0.2) is 5.82 Å². The molecule has 0 fully saturated rings. The van der Waals surface area contributed by atoms with Gasteiger partial charge in [0.1, 0.15) is 11.6 Å². The summed E-state index contributed by atoms with van der Waals surface area (Å²) >= 11 is 0. The number of nitrogens with zero attached hydrogens (tertiary/aromatic N) is 5. The second kappa shape index (κ2) is 11.9. The van der Waals surface area contributed by atoms with Crippen LogP contribution < -0.4 is 0 Å². The molecule has 0 saturated carbocycles. The van der Waals surface area contributed by atoms with E-state index in [4.69, 9.17) is 9.97 Å². The van der Waals surface area contributed by atoms with Gasteiger partial charge in [-0.25, -0.2) is 9.97 Å². The van der Waals surface area contributed by atoms with Crippen LogP contribution in [0.3, 0.4) is 0 Å². The fourth-order valence-corrected chi connectivity index (χ4v) is 7.76. The van der Waals surface area contributed by atoms with Gasteiger partial charge in [-0.3, -0.25) is 0 Å². The lowest BCUT2D eigenvalue weighted by Gasteiger charge is -2.17. The SMILES string of the molecule is N#Cc1c(-c2ccccc2)nc(-c2c3c(cc4c5ccccc5n(-c5ccccc5)c24)c2ccccc2n3-c2ccccc2)nc1-c1ccccc1. The molecule has 10 rings (SSSR count). The lowest BCUT2D eigenvalue weighted by Crippen LogP contribution is -2.05. The maximum Gasteiger partial charge on any atom is 0.164 e. The maximum absolute atomic E-state index is 10.8. The van der Waals surface area contributed by atoms with Gasteiger partial charge in [-0.15, -0.1) is 0 Å². The Morgan fingerprint density at radius 2 is 0.808 bits per heavy atom. The van der Waals surface area contributed by atoms with Crippen LogP contribution in [0, 0.1) is 11.3 Å². The third kappa shape index (κ3) is 4.49. The van der Waals surface area contributed by atoms with Gasteiger partial charge in [-0.1, -0.05) is 133 Å². The van der Waals surface area contributed by atoms with Crippen LogP contribution in [-0.2, 0) is 0 Å². The van der Waals surface area contributed by atoms with E-state index >= 15 is 0 Å².